The molecule has 0 aliphatic carbocycles. The number of nitrogen functional groups attached to an aromatic ring is 1. The number of methoxy groups -OCH3 is 1. The van der Waals surface area contributed by atoms with Gasteiger partial charge in [0.05, 0.1) is 6.61 Å². The second-order valence-corrected chi connectivity index (χ2v) is 2.89. The number of hydrogen-bond donors (Lipinski definition) is 2. The minimum atomic E-state index is -0.591. The quantitative estimate of drug-likeness (QED) is 0.384. The first-order chi connectivity index (χ1) is 7.20. The van der Waals surface area contributed by atoms with E-state index < -0.39 is 5.91 Å². The molecule has 0 saturated heterocycles. The third-order valence-electron chi connectivity index (χ3n) is 1.93. The van der Waals surface area contributed by atoms with E-state index in [1.54, 1.807) is 19.4 Å². The molecule has 0 aromatic carbocycles. The number of nitrogens with one attached hydrogen (secondary N) is 1. The summed E-state index contributed by atoms with van der Waals surface area (Å²) >= 11 is 0. The molecule has 0 radical (unpaired) electrons. The van der Waals surface area contributed by atoms with E-state index in [0.29, 0.717) is 13.2 Å². The summed E-state index contributed by atoms with van der Waals surface area (Å²) in [5, 5.41) is 0. The molecule has 1 rings (SSSR count). The van der Waals surface area contributed by atoms with Gasteiger partial charge in [0.1, 0.15) is 5.56 Å². The monoisotopic (exact) mass is 211 g/mol. The van der Waals surface area contributed by atoms with Gasteiger partial charge in [0.15, 0.2) is 0 Å². The van der Waals surface area contributed by atoms with Crippen molar-refractivity contribution in [3.63, 3.8) is 0 Å². The molecule has 0 spiro atoms. The van der Waals surface area contributed by atoms with Gasteiger partial charge in [-0.3, -0.25) is 15.0 Å². The smallest absolute Gasteiger partial charge is 0.270 e. The van der Waals surface area contributed by atoms with E-state index in [9.17, 15) is 9.59 Å². The van der Waals surface area contributed by atoms with E-state index in [-0.39, 0.29) is 11.1 Å². The number of amides is 1. The normalized spacial score (nSPS) is 10.0. The van der Waals surface area contributed by atoms with Crippen molar-refractivity contribution in [1.29, 1.82) is 0 Å². The minimum Gasteiger partial charge on any atom is -0.383 e. The molecule has 15 heavy (non-hydrogen) atoms. The van der Waals surface area contributed by atoms with Crippen molar-refractivity contribution in [2.75, 3.05) is 13.7 Å². The van der Waals surface area contributed by atoms with Gasteiger partial charge in [-0.05, 0) is 12.1 Å². The van der Waals surface area contributed by atoms with Crippen LogP contribution < -0.4 is 16.8 Å². The van der Waals surface area contributed by atoms with Crippen molar-refractivity contribution in [1.82, 2.24) is 9.99 Å². The summed E-state index contributed by atoms with van der Waals surface area (Å²) in [6.45, 7) is 0.814. The Balaban J connectivity index is 3.01. The molecule has 6 heteroatoms. The van der Waals surface area contributed by atoms with Crippen molar-refractivity contribution in [2.24, 2.45) is 5.84 Å². The van der Waals surface area contributed by atoms with Crippen LogP contribution >= 0.6 is 0 Å². The van der Waals surface area contributed by atoms with Crippen molar-refractivity contribution in [2.45, 2.75) is 6.54 Å². The van der Waals surface area contributed by atoms with Crippen LogP contribution in [0.3, 0.4) is 0 Å². The summed E-state index contributed by atoms with van der Waals surface area (Å²) in [6, 6.07) is 3.04. The molecule has 0 fully saturated rings. The maximum Gasteiger partial charge on any atom is 0.270 e. The topological polar surface area (TPSA) is 86.3 Å². The first-order valence-electron chi connectivity index (χ1n) is 4.40. The number of carbonyl (C=O) groups excluding carboxylic acids is 1. The van der Waals surface area contributed by atoms with Crippen LogP contribution in [0, 0.1) is 0 Å². The zero-order chi connectivity index (χ0) is 11.3. The van der Waals surface area contributed by atoms with Crippen LogP contribution in [0.25, 0.3) is 0 Å². The molecule has 1 heterocycles. The lowest BCUT2D eigenvalue weighted by Gasteiger charge is -2.06. The standard InChI is InChI=1S/C9H13N3O3/c1-15-6-5-12-4-2-3-7(9(12)14)8(13)11-10/h2-4H,5-6,10H2,1H3,(H,11,13). The number of nitrogens with two attached hydrogens (primary N) is 1. The van der Waals surface area contributed by atoms with Crippen LogP contribution in [-0.4, -0.2) is 24.2 Å². The van der Waals surface area contributed by atoms with Crippen molar-refractivity contribution in [3.05, 3.63) is 34.2 Å². The number of aromatic nitrogens is 1. The second-order valence-electron chi connectivity index (χ2n) is 2.89. The van der Waals surface area contributed by atoms with Gasteiger partial charge in [-0.1, -0.05) is 0 Å². The van der Waals surface area contributed by atoms with Gasteiger partial charge in [-0.15, -0.1) is 0 Å². The number of carbonyl (C=O) groups is 1. The Morgan fingerprint density at radius 3 is 3.00 bits per heavy atom. The fraction of sp³-hybridized carbons (Fsp3) is 0.333. The predicted octanol–water partition coefficient (Wildman–Crippen LogP) is -0.902. The van der Waals surface area contributed by atoms with E-state index in [4.69, 9.17) is 10.6 Å². The van der Waals surface area contributed by atoms with E-state index in [0.717, 1.165) is 0 Å². The zero-order valence-corrected chi connectivity index (χ0v) is 8.40. The first-order valence-corrected chi connectivity index (χ1v) is 4.40. The average Bonchev–Trinajstić information content (AvgIpc) is 2.27. The molecule has 0 bridgehead atoms. The summed E-state index contributed by atoms with van der Waals surface area (Å²) in [6.07, 6.45) is 1.59. The Labute approximate surface area is 86.6 Å². The summed E-state index contributed by atoms with van der Waals surface area (Å²) in [7, 11) is 1.54. The van der Waals surface area contributed by atoms with Crippen LogP contribution in [0.1, 0.15) is 10.4 Å². The van der Waals surface area contributed by atoms with E-state index in [1.807, 2.05) is 5.43 Å². The Morgan fingerprint density at radius 1 is 1.67 bits per heavy atom. The minimum absolute atomic E-state index is 0.0242. The van der Waals surface area contributed by atoms with Gasteiger partial charge in [0.25, 0.3) is 11.5 Å². The molecule has 6 nitrogen and oxygen atoms in total. The number of hydrogen-bond acceptors (Lipinski definition) is 4. The van der Waals surface area contributed by atoms with Crippen molar-refractivity contribution in [3.8, 4) is 0 Å². The molecule has 0 unspecified atom stereocenters. The highest BCUT2D eigenvalue weighted by molar-refractivity contribution is 5.93. The number of hydrazine groups is 1. The number of ether oxygens (including phenoxy) is 1. The summed E-state index contributed by atoms with van der Waals surface area (Å²) in [5.74, 6) is 4.36. The summed E-state index contributed by atoms with van der Waals surface area (Å²) < 4.78 is 6.24. The van der Waals surface area contributed by atoms with Crippen molar-refractivity contribution < 1.29 is 9.53 Å². The Morgan fingerprint density at radius 2 is 2.40 bits per heavy atom. The summed E-state index contributed by atoms with van der Waals surface area (Å²) in [5.41, 5.74) is 1.57. The first kappa shape index (κ1) is 11.4. The van der Waals surface area contributed by atoms with Crippen LogP contribution in [0.5, 0.6) is 0 Å². The molecule has 0 atom stereocenters. The lowest BCUT2D eigenvalue weighted by atomic mass is 10.2. The highest BCUT2D eigenvalue weighted by Crippen LogP contribution is 1.91. The maximum atomic E-state index is 11.7. The largest absolute Gasteiger partial charge is 0.383 e. The summed E-state index contributed by atoms with van der Waals surface area (Å²) in [4.78, 5) is 22.8. The van der Waals surface area contributed by atoms with Gasteiger partial charge in [-0.2, -0.15) is 0 Å². The Hall–Kier alpha value is -1.66. The maximum absolute atomic E-state index is 11.7. The molecule has 0 saturated carbocycles. The zero-order valence-electron chi connectivity index (χ0n) is 8.40. The number of nitrogens with zero attached hydrogens (tertiary/aromatic N) is 1. The van der Waals surface area contributed by atoms with Crippen LogP contribution in [0.2, 0.25) is 0 Å². The Bertz CT molecular complexity index is 400. The SMILES string of the molecule is COCCn1cccc(C(=O)NN)c1=O. The molecule has 0 aliphatic heterocycles. The lowest BCUT2D eigenvalue weighted by molar-refractivity contribution is 0.0951. The van der Waals surface area contributed by atoms with E-state index >= 15 is 0 Å². The van der Waals surface area contributed by atoms with E-state index in [2.05, 4.69) is 0 Å². The van der Waals surface area contributed by atoms with Gasteiger partial charge in [-0.25, -0.2) is 5.84 Å². The third-order valence-corrected chi connectivity index (χ3v) is 1.93. The van der Waals surface area contributed by atoms with Crippen LogP contribution in [-0.2, 0) is 11.3 Å². The molecule has 0 aliphatic rings. The molecule has 3 N–H and O–H groups in total. The van der Waals surface area contributed by atoms with E-state index in [1.165, 1.54) is 10.6 Å². The molecule has 1 aromatic heterocycles. The average molecular weight is 211 g/mol. The van der Waals surface area contributed by atoms with Gasteiger partial charge in [0, 0.05) is 19.9 Å². The molecular formula is C9H13N3O3. The van der Waals surface area contributed by atoms with Crippen LogP contribution in [0.15, 0.2) is 23.1 Å². The predicted molar refractivity (Wildman–Crippen MR) is 54.2 cm³/mol. The second kappa shape index (κ2) is 5.28. The molecule has 1 amide bonds. The molecule has 82 valence electrons. The van der Waals surface area contributed by atoms with Gasteiger partial charge in [0.2, 0.25) is 0 Å². The number of rotatable bonds is 4. The molecule has 1 aromatic rings. The van der Waals surface area contributed by atoms with Crippen LogP contribution in [0.4, 0.5) is 0 Å². The highest BCUT2D eigenvalue weighted by Gasteiger charge is 2.09. The van der Waals surface area contributed by atoms with Gasteiger partial charge < -0.3 is 9.30 Å². The Kier molecular flexibility index (Phi) is 4.02. The highest BCUT2D eigenvalue weighted by atomic mass is 16.5. The van der Waals surface area contributed by atoms with Gasteiger partial charge >= 0.3 is 0 Å². The molecular weight excluding hydrogens is 198 g/mol. The lowest BCUT2D eigenvalue weighted by Crippen LogP contribution is -2.36. The third kappa shape index (κ3) is 2.64. The number of pyridine rings is 1. The fourth-order valence-electron chi connectivity index (χ4n) is 1.15. The van der Waals surface area contributed by atoms with Crippen molar-refractivity contribution >= 4 is 5.91 Å². The fourth-order valence-corrected chi connectivity index (χ4v) is 1.15.